The van der Waals surface area contributed by atoms with E-state index in [1.807, 2.05) is 19.2 Å². The minimum atomic E-state index is 0.409. The molecule has 0 aliphatic heterocycles. The first-order chi connectivity index (χ1) is 10.1. The van der Waals surface area contributed by atoms with Gasteiger partial charge in [0.2, 0.25) is 0 Å². The quantitative estimate of drug-likeness (QED) is 0.817. The highest BCUT2D eigenvalue weighted by Crippen LogP contribution is 2.22. The minimum absolute atomic E-state index is 0.409. The maximum atomic E-state index is 5.81. The molecule has 0 bridgehead atoms. The summed E-state index contributed by atoms with van der Waals surface area (Å²) in [6.45, 7) is 7.04. The van der Waals surface area contributed by atoms with Crippen LogP contribution in [-0.4, -0.2) is 12.0 Å². The van der Waals surface area contributed by atoms with Gasteiger partial charge in [-0.1, -0.05) is 32.9 Å². The second-order valence-electron chi connectivity index (χ2n) is 5.44. The maximum Gasteiger partial charge on any atom is 0.131 e. The van der Waals surface area contributed by atoms with Gasteiger partial charge in [-0.25, -0.2) is 4.98 Å². The summed E-state index contributed by atoms with van der Waals surface area (Å²) in [5.74, 6) is 1.37. The van der Waals surface area contributed by atoms with Crippen molar-refractivity contribution in [2.75, 3.05) is 7.05 Å². The first-order valence-corrected chi connectivity index (χ1v) is 8.36. The predicted octanol–water partition coefficient (Wildman–Crippen LogP) is 4.52. The van der Waals surface area contributed by atoms with E-state index >= 15 is 0 Å². The molecule has 1 aromatic heterocycles. The average Bonchev–Trinajstić information content (AvgIpc) is 2.97. The Morgan fingerprint density at radius 3 is 2.48 bits per heavy atom. The Bertz CT molecular complexity index is 544. The number of ether oxygens (including phenoxy) is 1. The predicted molar refractivity (Wildman–Crippen MR) is 89.1 cm³/mol. The van der Waals surface area contributed by atoms with Crippen molar-refractivity contribution in [3.8, 4) is 5.75 Å². The molecule has 1 unspecified atom stereocenters. The summed E-state index contributed by atoms with van der Waals surface area (Å²) in [7, 11) is 1.99. The van der Waals surface area contributed by atoms with Crippen molar-refractivity contribution >= 4 is 11.3 Å². The number of nitrogens with one attached hydrogen (secondary N) is 1. The Labute approximate surface area is 131 Å². The van der Waals surface area contributed by atoms with E-state index in [4.69, 9.17) is 4.74 Å². The molecule has 21 heavy (non-hydrogen) atoms. The molecule has 4 heteroatoms. The molecular formula is C17H24N2OS. The number of hydrogen-bond donors (Lipinski definition) is 1. The number of rotatable bonds is 7. The first-order valence-electron chi connectivity index (χ1n) is 7.48. The fraction of sp³-hybridized carbons (Fsp3) is 0.471. The molecule has 1 N–H and O–H groups in total. The van der Waals surface area contributed by atoms with E-state index in [0.29, 0.717) is 18.6 Å². The largest absolute Gasteiger partial charge is 0.487 e. The van der Waals surface area contributed by atoms with Crippen LogP contribution < -0.4 is 10.1 Å². The molecule has 1 atom stereocenters. The van der Waals surface area contributed by atoms with Gasteiger partial charge in [0.15, 0.2) is 0 Å². The van der Waals surface area contributed by atoms with Crippen LogP contribution in [0.4, 0.5) is 0 Å². The lowest BCUT2D eigenvalue weighted by Gasteiger charge is -2.14. The van der Waals surface area contributed by atoms with Gasteiger partial charge in [0.25, 0.3) is 0 Å². The van der Waals surface area contributed by atoms with Crippen molar-refractivity contribution in [2.24, 2.45) is 0 Å². The number of nitrogens with zero attached hydrogens (tertiary/aromatic N) is 1. The fourth-order valence-corrected chi connectivity index (χ4v) is 3.03. The highest BCUT2D eigenvalue weighted by molar-refractivity contribution is 7.09. The van der Waals surface area contributed by atoms with Crippen molar-refractivity contribution in [1.29, 1.82) is 0 Å². The highest BCUT2D eigenvalue weighted by Gasteiger charge is 2.08. The number of aromatic nitrogens is 1. The average molecular weight is 304 g/mol. The summed E-state index contributed by atoms with van der Waals surface area (Å²) in [5.41, 5.74) is 2.30. The Morgan fingerprint density at radius 1 is 1.24 bits per heavy atom. The van der Waals surface area contributed by atoms with Gasteiger partial charge in [-0.2, -0.15) is 0 Å². The normalized spacial score (nSPS) is 12.6. The van der Waals surface area contributed by atoms with Crippen molar-refractivity contribution in [1.82, 2.24) is 10.3 Å². The molecular weight excluding hydrogens is 280 g/mol. The molecule has 0 aliphatic rings. The van der Waals surface area contributed by atoms with Gasteiger partial charge in [0.1, 0.15) is 12.4 Å². The van der Waals surface area contributed by atoms with E-state index < -0.39 is 0 Å². The Morgan fingerprint density at radius 2 is 1.95 bits per heavy atom. The van der Waals surface area contributed by atoms with Gasteiger partial charge < -0.3 is 10.1 Å². The Kier molecular flexibility index (Phi) is 5.76. The van der Waals surface area contributed by atoms with E-state index in [1.54, 1.807) is 11.3 Å². The van der Waals surface area contributed by atoms with E-state index in [1.165, 1.54) is 10.6 Å². The lowest BCUT2D eigenvalue weighted by atomic mass is 10.1. The second kappa shape index (κ2) is 7.57. The number of benzene rings is 1. The third-order valence-corrected chi connectivity index (χ3v) is 4.68. The van der Waals surface area contributed by atoms with Crippen LogP contribution in [0.25, 0.3) is 0 Å². The summed E-state index contributed by atoms with van der Waals surface area (Å²) < 4.78 is 5.81. The molecule has 0 saturated carbocycles. The van der Waals surface area contributed by atoms with Crippen molar-refractivity contribution in [3.63, 3.8) is 0 Å². The molecule has 1 heterocycles. The zero-order valence-corrected chi connectivity index (χ0v) is 14.0. The van der Waals surface area contributed by atoms with E-state index in [-0.39, 0.29) is 0 Å². The molecule has 0 saturated heterocycles. The standard InChI is InChI=1S/C17H24N2OS/c1-5-16(18-4)13-6-8-15(9-7-13)20-10-14-11-21-17(19-14)12(2)3/h6-9,11-12,16,18H,5,10H2,1-4H3. The van der Waals surface area contributed by atoms with Crippen molar-refractivity contribution < 1.29 is 4.74 Å². The molecule has 0 amide bonds. The lowest BCUT2D eigenvalue weighted by Crippen LogP contribution is -2.14. The smallest absolute Gasteiger partial charge is 0.131 e. The van der Waals surface area contributed by atoms with E-state index in [9.17, 15) is 0 Å². The third-order valence-electron chi connectivity index (χ3n) is 3.49. The van der Waals surface area contributed by atoms with Crippen LogP contribution in [0.15, 0.2) is 29.6 Å². The van der Waals surface area contributed by atoms with Crippen molar-refractivity contribution in [3.05, 3.63) is 45.9 Å². The summed E-state index contributed by atoms with van der Waals surface area (Å²) >= 11 is 1.71. The van der Waals surface area contributed by atoms with Gasteiger partial charge in [0, 0.05) is 17.3 Å². The van der Waals surface area contributed by atoms with Gasteiger partial charge in [-0.3, -0.25) is 0 Å². The minimum Gasteiger partial charge on any atom is -0.487 e. The van der Waals surface area contributed by atoms with Crippen LogP contribution in [0.5, 0.6) is 5.75 Å². The Hall–Kier alpha value is -1.39. The monoisotopic (exact) mass is 304 g/mol. The second-order valence-corrected chi connectivity index (χ2v) is 6.33. The van der Waals surface area contributed by atoms with E-state index in [0.717, 1.165) is 17.9 Å². The van der Waals surface area contributed by atoms with Crippen LogP contribution in [0.2, 0.25) is 0 Å². The molecule has 0 fully saturated rings. The van der Waals surface area contributed by atoms with Crippen LogP contribution >= 0.6 is 11.3 Å². The Balaban J connectivity index is 1.94. The molecule has 0 spiro atoms. The summed E-state index contributed by atoms with van der Waals surface area (Å²) in [5, 5.41) is 6.56. The molecule has 0 radical (unpaired) electrons. The summed E-state index contributed by atoms with van der Waals surface area (Å²) in [4.78, 5) is 4.58. The first kappa shape index (κ1) is 16.0. The van der Waals surface area contributed by atoms with Crippen molar-refractivity contribution in [2.45, 2.75) is 45.8 Å². The van der Waals surface area contributed by atoms with Gasteiger partial charge in [-0.15, -0.1) is 11.3 Å². The lowest BCUT2D eigenvalue weighted by molar-refractivity contribution is 0.301. The molecule has 2 aromatic rings. The van der Waals surface area contributed by atoms with Crippen LogP contribution in [0, 0.1) is 0 Å². The molecule has 2 rings (SSSR count). The van der Waals surface area contributed by atoms with Gasteiger partial charge in [0.05, 0.1) is 10.7 Å². The third kappa shape index (κ3) is 4.29. The summed E-state index contributed by atoms with van der Waals surface area (Å²) in [6, 6.07) is 8.73. The molecule has 1 aromatic carbocycles. The number of thiazole rings is 1. The highest BCUT2D eigenvalue weighted by atomic mass is 32.1. The molecule has 3 nitrogen and oxygen atoms in total. The van der Waals surface area contributed by atoms with Crippen LogP contribution in [-0.2, 0) is 6.61 Å². The van der Waals surface area contributed by atoms with Gasteiger partial charge in [-0.05, 0) is 31.2 Å². The number of hydrogen-bond acceptors (Lipinski definition) is 4. The van der Waals surface area contributed by atoms with Gasteiger partial charge >= 0.3 is 0 Å². The topological polar surface area (TPSA) is 34.1 Å². The SMILES string of the molecule is CCC(NC)c1ccc(OCc2csc(C(C)C)n2)cc1. The molecule has 0 aliphatic carbocycles. The zero-order valence-electron chi connectivity index (χ0n) is 13.2. The maximum absolute atomic E-state index is 5.81. The van der Waals surface area contributed by atoms with Crippen LogP contribution in [0.1, 0.15) is 55.4 Å². The molecule has 114 valence electrons. The fourth-order valence-electron chi connectivity index (χ4n) is 2.21. The van der Waals surface area contributed by atoms with Crippen LogP contribution in [0.3, 0.4) is 0 Å². The summed E-state index contributed by atoms with van der Waals surface area (Å²) in [6.07, 6.45) is 1.08. The van der Waals surface area contributed by atoms with E-state index in [2.05, 4.69) is 48.6 Å². The zero-order chi connectivity index (χ0) is 15.2.